The maximum absolute atomic E-state index is 11.7. The molecule has 2 amide bonds. The number of benzene rings is 1. The number of aryl methyl sites for hydroxylation is 1. The molecule has 0 unspecified atom stereocenters. The molecule has 6 heteroatoms. The zero-order valence-electron chi connectivity index (χ0n) is 14.4. The van der Waals surface area contributed by atoms with Crippen LogP contribution in [0.3, 0.4) is 0 Å². The number of carbonyl (C=O) groups excluding carboxylic acids is 2. The lowest BCUT2D eigenvalue weighted by molar-refractivity contribution is -0.115. The van der Waals surface area contributed by atoms with Crippen LogP contribution >= 0.6 is 11.8 Å². The van der Waals surface area contributed by atoms with Gasteiger partial charge in [-0.25, -0.2) is 0 Å². The predicted octanol–water partition coefficient (Wildman–Crippen LogP) is 4.11. The first kappa shape index (κ1) is 17.1. The van der Waals surface area contributed by atoms with E-state index in [1.807, 2.05) is 18.2 Å². The van der Waals surface area contributed by atoms with E-state index in [0.717, 1.165) is 29.1 Å². The molecule has 3 heterocycles. The number of furan rings is 1. The molecule has 1 aliphatic heterocycles. The van der Waals surface area contributed by atoms with Crippen LogP contribution in [0.5, 0.6) is 0 Å². The van der Waals surface area contributed by atoms with Gasteiger partial charge in [-0.2, -0.15) is 0 Å². The Morgan fingerprint density at radius 3 is 2.78 bits per heavy atom. The third-order valence-corrected chi connectivity index (χ3v) is 4.90. The molecule has 5 nitrogen and oxygen atoms in total. The summed E-state index contributed by atoms with van der Waals surface area (Å²) < 4.78 is 5.87. The van der Waals surface area contributed by atoms with E-state index in [9.17, 15) is 9.59 Å². The summed E-state index contributed by atoms with van der Waals surface area (Å²) in [5.41, 5.74) is 3.43. The number of nitrogens with one attached hydrogen (secondary N) is 1. The molecule has 0 spiro atoms. The van der Waals surface area contributed by atoms with Gasteiger partial charge in [-0.15, -0.1) is 0 Å². The molecular weight excluding hydrogens is 360 g/mol. The van der Waals surface area contributed by atoms with Gasteiger partial charge >= 0.3 is 0 Å². The fourth-order valence-corrected chi connectivity index (χ4v) is 3.44. The lowest BCUT2D eigenvalue weighted by Gasteiger charge is -1.99. The lowest BCUT2D eigenvalue weighted by Crippen LogP contribution is -2.17. The van der Waals surface area contributed by atoms with E-state index >= 15 is 0 Å². The average Bonchev–Trinajstić information content (AvgIpc) is 3.22. The number of nitrogens with zero attached hydrogens (tertiary/aromatic N) is 1. The Bertz CT molecular complexity index is 1160. The molecule has 3 aromatic rings. The normalized spacial score (nSPS) is 15.1. The van der Waals surface area contributed by atoms with Gasteiger partial charge in [-0.05, 0) is 35.9 Å². The lowest BCUT2D eigenvalue weighted by atomic mass is 10.1. The van der Waals surface area contributed by atoms with E-state index < -0.39 is 5.91 Å². The monoisotopic (exact) mass is 374 g/mol. The highest BCUT2D eigenvalue weighted by molar-refractivity contribution is 8.18. The fourth-order valence-electron chi connectivity index (χ4n) is 2.78. The second-order valence-corrected chi connectivity index (χ2v) is 6.88. The topological polar surface area (TPSA) is 72.2 Å². The van der Waals surface area contributed by atoms with Gasteiger partial charge in [0, 0.05) is 29.4 Å². The molecule has 0 bridgehead atoms. The van der Waals surface area contributed by atoms with E-state index in [1.54, 1.807) is 24.5 Å². The summed E-state index contributed by atoms with van der Waals surface area (Å²) in [6, 6.07) is 9.79. The summed E-state index contributed by atoms with van der Waals surface area (Å²) in [6.45, 7) is 2.09. The Morgan fingerprint density at radius 1 is 1.19 bits per heavy atom. The van der Waals surface area contributed by atoms with Crippen LogP contribution in [0.4, 0.5) is 4.79 Å². The van der Waals surface area contributed by atoms with Gasteiger partial charge in [0.15, 0.2) is 5.58 Å². The van der Waals surface area contributed by atoms with Gasteiger partial charge in [0.2, 0.25) is 0 Å². The number of thioether (sulfide) groups is 1. The number of imide groups is 1. The van der Waals surface area contributed by atoms with Crippen molar-refractivity contribution >= 4 is 40.0 Å². The number of pyridine rings is 1. The van der Waals surface area contributed by atoms with E-state index in [1.165, 1.54) is 5.56 Å². The first-order chi connectivity index (χ1) is 13.1. The first-order valence-electron chi connectivity index (χ1n) is 8.36. The number of carbonyl (C=O) groups is 2. The molecular formula is C21H14N2O3S. The van der Waals surface area contributed by atoms with Gasteiger partial charge < -0.3 is 4.42 Å². The molecule has 27 heavy (non-hydrogen) atoms. The third-order valence-electron chi connectivity index (χ3n) is 4.09. The molecule has 2 aromatic heterocycles. The second-order valence-electron chi connectivity index (χ2n) is 5.87. The minimum Gasteiger partial charge on any atom is -0.455 e. The summed E-state index contributed by atoms with van der Waals surface area (Å²) in [5, 5.41) is 2.62. The second kappa shape index (κ2) is 7.14. The molecule has 1 aliphatic rings. The van der Waals surface area contributed by atoms with Crippen LogP contribution in [0, 0.1) is 11.8 Å². The van der Waals surface area contributed by atoms with Crippen molar-refractivity contribution in [2.45, 2.75) is 13.3 Å². The SMILES string of the molecule is CCc1ccccc1C#Cc1cncc2cc(C=C3SC(=O)NC3=O)oc12. The Balaban J connectivity index is 1.73. The van der Waals surface area contributed by atoms with Crippen LogP contribution in [0.1, 0.15) is 29.4 Å². The molecule has 0 atom stereocenters. The molecule has 0 radical (unpaired) electrons. The molecule has 0 saturated carbocycles. The van der Waals surface area contributed by atoms with Crippen LogP contribution in [0.25, 0.3) is 17.0 Å². The minimum absolute atomic E-state index is 0.302. The summed E-state index contributed by atoms with van der Waals surface area (Å²) >= 11 is 0.852. The largest absolute Gasteiger partial charge is 0.455 e. The van der Waals surface area contributed by atoms with Crippen LogP contribution in [-0.4, -0.2) is 16.1 Å². The number of hydrogen-bond donors (Lipinski definition) is 1. The number of aromatic nitrogens is 1. The molecule has 0 aliphatic carbocycles. The van der Waals surface area contributed by atoms with Crippen LogP contribution in [0.15, 0.2) is 52.0 Å². The predicted molar refractivity (Wildman–Crippen MR) is 105 cm³/mol. The molecule has 1 fully saturated rings. The maximum Gasteiger partial charge on any atom is 0.290 e. The van der Waals surface area contributed by atoms with Crippen molar-refractivity contribution in [2.24, 2.45) is 0 Å². The van der Waals surface area contributed by atoms with E-state index in [0.29, 0.717) is 21.8 Å². The maximum atomic E-state index is 11.7. The minimum atomic E-state index is -0.417. The van der Waals surface area contributed by atoms with Crippen molar-refractivity contribution < 1.29 is 14.0 Å². The van der Waals surface area contributed by atoms with Crippen molar-refractivity contribution in [3.63, 3.8) is 0 Å². The van der Waals surface area contributed by atoms with Crippen molar-refractivity contribution in [2.75, 3.05) is 0 Å². The van der Waals surface area contributed by atoms with E-state index in [-0.39, 0.29) is 5.24 Å². The van der Waals surface area contributed by atoms with Gasteiger partial charge in [-0.3, -0.25) is 19.9 Å². The molecule has 4 rings (SSSR count). The van der Waals surface area contributed by atoms with Crippen molar-refractivity contribution in [1.29, 1.82) is 0 Å². The smallest absolute Gasteiger partial charge is 0.290 e. The van der Waals surface area contributed by atoms with E-state index in [2.05, 4.69) is 35.1 Å². The molecule has 1 aromatic carbocycles. The zero-order valence-corrected chi connectivity index (χ0v) is 15.2. The standard InChI is InChI=1S/C21H14N2O3S/c1-2-13-5-3-4-6-14(13)7-8-15-11-22-12-16-9-17(26-19(15)16)10-18-20(24)23-21(25)27-18/h3-6,9-12H,2H2,1H3,(H,23,24,25). The number of fused-ring (bicyclic) bond motifs is 1. The number of rotatable bonds is 2. The summed E-state index contributed by atoms with van der Waals surface area (Å²) in [7, 11) is 0. The van der Waals surface area contributed by atoms with Gasteiger partial charge in [0.05, 0.1) is 10.5 Å². The van der Waals surface area contributed by atoms with Crippen LogP contribution < -0.4 is 5.32 Å². The van der Waals surface area contributed by atoms with Crippen LogP contribution in [-0.2, 0) is 11.2 Å². The first-order valence-corrected chi connectivity index (χ1v) is 9.18. The Kier molecular flexibility index (Phi) is 4.53. The van der Waals surface area contributed by atoms with Gasteiger partial charge in [-0.1, -0.05) is 37.0 Å². The fraction of sp³-hybridized carbons (Fsp3) is 0.0952. The van der Waals surface area contributed by atoms with Gasteiger partial charge in [0.25, 0.3) is 11.1 Å². The Morgan fingerprint density at radius 2 is 2.00 bits per heavy atom. The highest BCUT2D eigenvalue weighted by Gasteiger charge is 2.25. The van der Waals surface area contributed by atoms with Crippen molar-refractivity contribution in [3.05, 3.63) is 70.1 Å². The quantitative estimate of drug-likeness (QED) is 0.540. The summed E-state index contributed by atoms with van der Waals surface area (Å²) in [4.78, 5) is 27.5. The third kappa shape index (κ3) is 3.50. The number of hydrogen-bond acceptors (Lipinski definition) is 5. The number of amides is 2. The molecule has 1 N–H and O–H groups in total. The van der Waals surface area contributed by atoms with Gasteiger partial charge in [0.1, 0.15) is 5.76 Å². The highest BCUT2D eigenvalue weighted by Crippen LogP contribution is 2.28. The zero-order chi connectivity index (χ0) is 18.8. The summed E-state index contributed by atoms with van der Waals surface area (Å²) in [5.74, 6) is 6.38. The summed E-state index contributed by atoms with van der Waals surface area (Å²) in [6.07, 6.45) is 5.79. The van der Waals surface area contributed by atoms with Crippen molar-refractivity contribution in [3.8, 4) is 11.8 Å². The molecule has 1 saturated heterocycles. The van der Waals surface area contributed by atoms with Crippen LogP contribution in [0.2, 0.25) is 0 Å². The molecule has 132 valence electrons. The van der Waals surface area contributed by atoms with E-state index in [4.69, 9.17) is 4.42 Å². The Labute approximate surface area is 159 Å². The highest BCUT2D eigenvalue weighted by atomic mass is 32.2. The average molecular weight is 374 g/mol. The Hall–Kier alpha value is -3.30. The van der Waals surface area contributed by atoms with Crippen molar-refractivity contribution in [1.82, 2.24) is 10.3 Å².